The van der Waals surface area contributed by atoms with Gasteiger partial charge in [0.05, 0.1) is 6.61 Å². The van der Waals surface area contributed by atoms with Crippen molar-refractivity contribution in [1.82, 2.24) is 4.57 Å². The van der Waals surface area contributed by atoms with Gasteiger partial charge in [-0.1, -0.05) is 30.3 Å². The Kier molecular flexibility index (Phi) is 4.33. The Labute approximate surface area is 135 Å². The summed E-state index contributed by atoms with van der Waals surface area (Å²) in [4.78, 5) is 25.2. The van der Waals surface area contributed by atoms with Crippen LogP contribution in [0.3, 0.4) is 0 Å². The smallest absolute Gasteiger partial charge is 0.355 e. The molecule has 0 aliphatic heterocycles. The van der Waals surface area contributed by atoms with Crippen molar-refractivity contribution in [2.24, 2.45) is 7.05 Å². The van der Waals surface area contributed by atoms with E-state index in [2.05, 4.69) is 0 Å². The van der Waals surface area contributed by atoms with E-state index < -0.39 is 5.97 Å². The summed E-state index contributed by atoms with van der Waals surface area (Å²) in [6, 6.07) is 9.81. The van der Waals surface area contributed by atoms with Crippen LogP contribution in [0.4, 0.5) is 0 Å². The van der Waals surface area contributed by atoms with Crippen LogP contribution in [-0.4, -0.2) is 17.1 Å². The van der Waals surface area contributed by atoms with Gasteiger partial charge in [-0.15, -0.1) is 0 Å². The number of esters is 1. The number of benzene rings is 1. The monoisotopic (exact) mass is 311 g/mol. The second-order valence-corrected chi connectivity index (χ2v) is 5.84. The first kappa shape index (κ1) is 15.5. The van der Waals surface area contributed by atoms with Gasteiger partial charge in [-0.3, -0.25) is 4.79 Å². The topological polar surface area (TPSA) is 48.3 Å². The number of carbonyl (C=O) groups excluding carboxylic acids is 1. The van der Waals surface area contributed by atoms with E-state index in [1.807, 2.05) is 30.3 Å². The molecule has 1 heterocycles. The summed E-state index contributed by atoms with van der Waals surface area (Å²) in [5, 5.41) is 0. The molecule has 0 fully saturated rings. The Balaban J connectivity index is 2.36. The predicted octanol–water partition coefficient (Wildman–Crippen LogP) is 3.11. The average Bonchev–Trinajstić information content (AvgIpc) is 2.58. The van der Waals surface area contributed by atoms with Crippen molar-refractivity contribution in [2.75, 3.05) is 6.61 Å². The third kappa shape index (κ3) is 2.69. The van der Waals surface area contributed by atoms with Crippen LogP contribution in [0, 0.1) is 0 Å². The van der Waals surface area contributed by atoms with E-state index in [0.717, 1.165) is 47.9 Å². The molecule has 2 aromatic rings. The molecule has 0 saturated heterocycles. The number of aromatic nitrogens is 1. The van der Waals surface area contributed by atoms with Crippen LogP contribution >= 0.6 is 0 Å². The van der Waals surface area contributed by atoms with E-state index in [1.165, 1.54) is 4.57 Å². The molecule has 0 N–H and O–H groups in total. The first-order valence-corrected chi connectivity index (χ1v) is 8.12. The first-order valence-electron chi connectivity index (χ1n) is 8.12. The summed E-state index contributed by atoms with van der Waals surface area (Å²) in [7, 11) is 1.66. The fourth-order valence-electron chi connectivity index (χ4n) is 3.39. The molecular formula is C19H21NO3. The zero-order valence-electron chi connectivity index (χ0n) is 13.6. The molecule has 0 unspecified atom stereocenters. The Morgan fingerprint density at radius 1 is 1.13 bits per heavy atom. The average molecular weight is 311 g/mol. The maximum atomic E-state index is 12.7. The number of ether oxygens (including phenoxy) is 1. The zero-order chi connectivity index (χ0) is 16.4. The van der Waals surface area contributed by atoms with Gasteiger partial charge in [-0.25, -0.2) is 4.79 Å². The molecule has 4 nitrogen and oxygen atoms in total. The van der Waals surface area contributed by atoms with Gasteiger partial charge in [-0.2, -0.15) is 0 Å². The Bertz CT molecular complexity index is 790. The summed E-state index contributed by atoms with van der Waals surface area (Å²) in [6.45, 7) is 2.06. The molecule has 0 radical (unpaired) electrons. The number of rotatable bonds is 3. The van der Waals surface area contributed by atoms with Crippen LogP contribution in [-0.2, 0) is 24.6 Å². The number of fused-ring (bicyclic) bond motifs is 1. The summed E-state index contributed by atoms with van der Waals surface area (Å²) < 4.78 is 6.68. The molecule has 1 aromatic carbocycles. The van der Waals surface area contributed by atoms with Crippen LogP contribution in [0.25, 0.3) is 11.1 Å². The Hall–Kier alpha value is -2.36. The van der Waals surface area contributed by atoms with Gasteiger partial charge in [0.2, 0.25) is 0 Å². The van der Waals surface area contributed by atoms with E-state index in [0.29, 0.717) is 12.3 Å². The molecule has 3 rings (SSSR count). The van der Waals surface area contributed by atoms with Gasteiger partial charge in [0.25, 0.3) is 5.56 Å². The summed E-state index contributed by atoms with van der Waals surface area (Å²) in [5.74, 6) is -0.431. The minimum absolute atomic E-state index is 0.0672. The van der Waals surface area contributed by atoms with Crippen molar-refractivity contribution >= 4 is 5.97 Å². The third-order valence-electron chi connectivity index (χ3n) is 4.44. The molecule has 0 amide bonds. The van der Waals surface area contributed by atoms with Crippen molar-refractivity contribution in [3.63, 3.8) is 0 Å². The third-order valence-corrected chi connectivity index (χ3v) is 4.44. The summed E-state index contributed by atoms with van der Waals surface area (Å²) >= 11 is 0. The highest BCUT2D eigenvalue weighted by Crippen LogP contribution is 2.33. The van der Waals surface area contributed by atoms with Crippen LogP contribution in [0.15, 0.2) is 35.1 Å². The zero-order valence-corrected chi connectivity index (χ0v) is 13.6. The van der Waals surface area contributed by atoms with Crippen molar-refractivity contribution in [2.45, 2.75) is 32.6 Å². The number of pyridine rings is 1. The van der Waals surface area contributed by atoms with Crippen LogP contribution in [0.5, 0.6) is 0 Å². The highest BCUT2D eigenvalue weighted by molar-refractivity contribution is 5.97. The molecule has 4 heteroatoms. The van der Waals surface area contributed by atoms with Gasteiger partial charge in [-0.05, 0) is 43.7 Å². The SMILES string of the molecule is CCOC(=O)c1c(-c2ccccc2)c2c(c(=O)n1C)CCCC2. The van der Waals surface area contributed by atoms with Gasteiger partial charge >= 0.3 is 5.97 Å². The normalized spacial score (nSPS) is 13.5. The second-order valence-electron chi connectivity index (χ2n) is 5.84. The number of hydrogen-bond donors (Lipinski definition) is 0. The number of nitrogens with zero attached hydrogens (tertiary/aromatic N) is 1. The summed E-state index contributed by atoms with van der Waals surface area (Å²) in [5.41, 5.74) is 4.00. The maximum absolute atomic E-state index is 12.7. The standard InChI is InChI=1S/C19H21NO3/c1-3-23-19(22)17-16(13-9-5-4-6-10-13)14-11-7-8-12-15(14)18(21)20(17)2/h4-6,9-10H,3,7-8,11-12H2,1-2H3. The quantitative estimate of drug-likeness (QED) is 0.818. The highest BCUT2D eigenvalue weighted by Gasteiger charge is 2.27. The van der Waals surface area contributed by atoms with Gasteiger partial charge in [0, 0.05) is 18.2 Å². The minimum Gasteiger partial charge on any atom is -0.461 e. The van der Waals surface area contributed by atoms with Gasteiger partial charge in [0.1, 0.15) is 5.69 Å². The molecule has 120 valence electrons. The van der Waals surface area contributed by atoms with Gasteiger partial charge < -0.3 is 9.30 Å². The van der Waals surface area contributed by atoms with E-state index in [1.54, 1.807) is 14.0 Å². The Morgan fingerprint density at radius 2 is 1.78 bits per heavy atom. The van der Waals surface area contributed by atoms with Crippen molar-refractivity contribution in [3.8, 4) is 11.1 Å². The highest BCUT2D eigenvalue weighted by atomic mass is 16.5. The lowest BCUT2D eigenvalue weighted by Crippen LogP contribution is -2.31. The molecule has 1 aromatic heterocycles. The molecule has 1 aliphatic rings. The van der Waals surface area contributed by atoms with Crippen LogP contribution in [0.2, 0.25) is 0 Å². The minimum atomic E-state index is -0.431. The maximum Gasteiger partial charge on any atom is 0.355 e. The largest absolute Gasteiger partial charge is 0.461 e. The lowest BCUT2D eigenvalue weighted by Gasteiger charge is -2.23. The molecule has 23 heavy (non-hydrogen) atoms. The predicted molar refractivity (Wildman–Crippen MR) is 89.7 cm³/mol. The lowest BCUT2D eigenvalue weighted by atomic mass is 9.85. The molecule has 0 spiro atoms. The molecule has 0 atom stereocenters. The van der Waals surface area contributed by atoms with Crippen molar-refractivity contribution < 1.29 is 9.53 Å². The van der Waals surface area contributed by atoms with E-state index in [9.17, 15) is 9.59 Å². The second kappa shape index (κ2) is 6.41. The van der Waals surface area contributed by atoms with Gasteiger partial charge in [0.15, 0.2) is 0 Å². The first-order chi connectivity index (χ1) is 11.1. The number of carbonyl (C=O) groups is 1. The van der Waals surface area contributed by atoms with Crippen LogP contribution in [0.1, 0.15) is 41.4 Å². The fourth-order valence-corrected chi connectivity index (χ4v) is 3.39. The van der Waals surface area contributed by atoms with Crippen LogP contribution < -0.4 is 5.56 Å². The molecular weight excluding hydrogens is 290 g/mol. The van der Waals surface area contributed by atoms with Crippen molar-refractivity contribution in [1.29, 1.82) is 0 Å². The number of hydrogen-bond acceptors (Lipinski definition) is 3. The molecule has 1 aliphatic carbocycles. The lowest BCUT2D eigenvalue weighted by molar-refractivity contribution is 0.0514. The summed E-state index contributed by atoms with van der Waals surface area (Å²) in [6.07, 6.45) is 3.69. The van der Waals surface area contributed by atoms with E-state index in [4.69, 9.17) is 4.74 Å². The van der Waals surface area contributed by atoms with Crippen molar-refractivity contribution in [3.05, 3.63) is 57.5 Å². The molecule has 0 saturated carbocycles. The van der Waals surface area contributed by atoms with E-state index in [-0.39, 0.29) is 5.56 Å². The van der Waals surface area contributed by atoms with E-state index >= 15 is 0 Å². The molecule has 0 bridgehead atoms. The fraction of sp³-hybridized carbons (Fsp3) is 0.368. The Morgan fingerprint density at radius 3 is 2.43 bits per heavy atom.